The molecule has 0 unspecified atom stereocenters. The molecular weight excluding hydrogens is 290 g/mol. The summed E-state index contributed by atoms with van der Waals surface area (Å²) in [4.78, 5) is 16.8. The summed E-state index contributed by atoms with van der Waals surface area (Å²) in [6, 6.07) is 9.48. The molecule has 0 radical (unpaired) electrons. The third kappa shape index (κ3) is 4.52. The van der Waals surface area contributed by atoms with E-state index in [1.165, 1.54) is 0 Å². The molecule has 0 saturated carbocycles. The Morgan fingerprint density at radius 1 is 1.26 bits per heavy atom. The number of benzene rings is 1. The Bertz CT molecular complexity index is 629. The minimum atomic E-state index is -0.319. The fraction of sp³-hybridized carbons (Fsp3) is 0.474. The van der Waals surface area contributed by atoms with Crippen LogP contribution in [0.5, 0.6) is 0 Å². The number of carbonyl (C=O) groups excluding carboxylic acids is 1. The van der Waals surface area contributed by atoms with Crippen LogP contribution in [-0.2, 0) is 11.2 Å². The molecule has 0 saturated heterocycles. The number of hydrogen-bond donors (Lipinski definition) is 2. The molecule has 4 heteroatoms. The van der Waals surface area contributed by atoms with Crippen LogP contribution in [0.25, 0.3) is 0 Å². The van der Waals surface area contributed by atoms with Crippen molar-refractivity contribution in [1.82, 2.24) is 0 Å². The van der Waals surface area contributed by atoms with Crippen LogP contribution < -0.4 is 0 Å². The third-order valence-electron chi connectivity index (χ3n) is 4.12. The minimum absolute atomic E-state index is 0.0728. The highest BCUT2D eigenvalue weighted by atomic mass is 16.3. The van der Waals surface area contributed by atoms with E-state index in [-0.39, 0.29) is 29.6 Å². The number of nitrogens with zero attached hydrogens (tertiary/aromatic N) is 1. The topological polar surface area (TPSA) is 69.9 Å². The number of allylic oxidation sites excluding steroid dienone is 2. The number of hydrogen-bond acceptors (Lipinski definition) is 4. The lowest BCUT2D eigenvalue weighted by molar-refractivity contribution is -0.117. The molecule has 1 aliphatic carbocycles. The van der Waals surface area contributed by atoms with E-state index in [1.54, 1.807) is 6.92 Å². The van der Waals surface area contributed by atoms with Gasteiger partial charge < -0.3 is 10.2 Å². The van der Waals surface area contributed by atoms with Crippen LogP contribution in [0.2, 0.25) is 0 Å². The highest BCUT2D eigenvalue weighted by Gasteiger charge is 2.34. The van der Waals surface area contributed by atoms with Crippen LogP contribution in [0.15, 0.2) is 46.7 Å². The summed E-state index contributed by atoms with van der Waals surface area (Å²) in [6.45, 7) is 5.57. The predicted molar refractivity (Wildman–Crippen MR) is 91.8 cm³/mol. The van der Waals surface area contributed by atoms with Gasteiger partial charge in [-0.25, -0.2) is 0 Å². The molecule has 4 nitrogen and oxygen atoms in total. The van der Waals surface area contributed by atoms with Gasteiger partial charge in [0.1, 0.15) is 5.76 Å². The Hall–Kier alpha value is -1.94. The van der Waals surface area contributed by atoms with Gasteiger partial charge in [-0.1, -0.05) is 44.2 Å². The van der Waals surface area contributed by atoms with Gasteiger partial charge >= 0.3 is 0 Å². The molecule has 2 N–H and O–H groups in total. The molecule has 1 atom stereocenters. The first kappa shape index (κ1) is 17.4. The largest absolute Gasteiger partial charge is 0.511 e. The van der Waals surface area contributed by atoms with Crippen LogP contribution in [0.4, 0.5) is 0 Å². The number of Topliss-reactive ketones (excluding diaryl/α,β-unsaturated/α-hetero) is 1. The lowest BCUT2D eigenvalue weighted by Crippen LogP contribution is -2.29. The molecule has 0 spiro atoms. The fourth-order valence-corrected chi connectivity index (χ4v) is 3.07. The van der Waals surface area contributed by atoms with Crippen molar-refractivity contribution in [3.63, 3.8) is 0 Å². The first-order valence-corrected chi connectivity index (χ1v) is 7.97. The zero-order chi connectivity index (χ0) is 17.0. The molecular formula is C19H25NO3. The summed E-state index contributed by atoms with van der Waals surface area (Å²) < 4.78 is 0. The Morgan fingerprint density at radius 3 is 2.48 bits per heavy atom. The van der Waals surface area contributed by atoms with Crippen LogP contribution in [0, 0.1) is 5.41 Å². The van der Waals surface area contributed by atoms with E-state index in [4.69, 9.17) is 0 Å². The average Bonchev–Trinajstić information content (AvgIpc) is 2.45. The van der Waals surface area contributed by atoms with E-state index in [0.717, 1.165) is 5.56 Å². The van der Waals surface area contributed by atoms with Crippen LogP contribution in [-0.4, -0.2) is 34.4 Å². The number of aliphatic hydroxyl groups excluding tert-OH is 2. The smallest absolute Gasteiger partial charge is 0.168 e. The average molecular weight is 315 g/mol. The van der Waals surface area contributed by atoms with Crippen molar-refractivity contribution in [2.45, 2.75) is 46.1 Å². The second-order valence-electron chi connectivity index (χ2n) is 7.00. The van der Waals surface area contributed by atoms with Crippen LogP contribution in [0.1, 0.15) is 39.2 Å². The molecule has 1 aromatic rings. The van der Waals surface area contributed by atoms with Crippen molar-refractivity contribution in [2.24, 2.45) is 10.4 Å². The summed E-state index contributed by atoms with van der Waals surface area (Å²) in [5.74, 6) is 0.0419. The summed E-state index contributed by atoms with van der Waals surface area (Å²) in [7, 11) is 0. The Balaban J connectivity index is 2.21. The molecule has 1 aromatic carbocycles. The molecule has 0 aromatic heterocycles. The van der Waals surface area contributed by atoms with E-state index < -0.39 is 0 Å². The maximum atomic E-state index is 12.3. The molecule has 0 heterocycles. The van der Waals surface area contributed by atoms with Crippen molar-refractivity contribution >= 4 is 11.5 Å². The summed E-state index contributed by atoms with van der Waals surface area (Å²) in [5, 5.41) is 19.8. The van der Waals surface area contributed by atoms with Crippen molar-refractivity contribution in [2.75, 3.05) is 6.61 Å². The second kappa shape index (κ2) is 7.09. The van der Waals surface area contributed by atoms with Gasteiger partial charge in [0.05, 0.1) is 18.2 Å². The van der Waals surface area contributed by atoms with Gasteiger partial charge in [0.25, 0.3) is 0 Å². The summed E-state index contributed by atoms with van der Waals surface area (Å²) in [5.41, 5.74) is 1.71. The highest BCUT2D eigenvalue weighted by Crippen LogP contribution is 2.36. The van der Waals surface area contributed by atoms with E-state index in [0.29, 0.717) is 30.5 Å². The van der Waals surface area contributed by atoms with Crippen molar-refractivity contribution in [1.29, 1.82) is 0 Å². The number of aliphatic hydroxyl groups is 2. The SMILES string of the molecule is CC(=N[C@@H](CO)Cc1ccccc1)C1=C(O)CC(C)(C)CC1=O. The summed E-state index contributed by atoms with van der Waals surface area (Å²) >= 11 is 0. The lowest BCUT2D eigenvalue weighted by atomic mass is 9.75. The molecule has 1 aliphatic rings. The molecule has 2 rings (SSSR count). The highest BCUT2D eigenvalue weighted by molar-refractivity contribution is 6.22. The van der Waals surface area contributed by atoms with Crippen molar-refractivity contribution < 1.29 is 15.0 Å². The number of aliphatic imine (C=N–C) groups is 1. The van der Waals surface area contributed by atoms with Gasteiger partial charge in [0.2, 0.25) is 0 Å². The molecule has 23 heavy (non-hydrogen) atoms. The van der Waals surface area contributed by atoms with Gasteiger partial charge in [-0.15, -0.1) is 0 Å². The van der Waals surface area contributed by atoms with E-state index in [1.807, 2.05) is 44.2 Å². The number of ketones is 1. The predicted octanol–water partition coefficient (Wildman–Crippen LogP) is 3.25. The Kier molecular flexibility index (Phi) is 5.37. The number of rotatable bonds is 5. The molecule has 0 amide bonds. The zero-order valence-corrected chi connectivity index (χ0v) is 14.0. The van der Waals surface area contributed by atoms with E-state index in [2.05, 4.69) is 4.99 Å². The van der Waals surface area contributed by atoms with Gasteiger partial charge in [-0.3, -0.25) is 9.79 Å². The minimum Gasteiger partial charge on any atom is -0.511 e. The monoisotopic (exact) mass is 315 g/mol. The first-order chi connectivity index (χ1) is 10.8. The van der Waals surface area contributed by atoms with E-state index >= 15 is 0 Å². The standard InChI is InChI=1S/C19H25NO3/c1-13(18-16(22)10-19(2,3)11-17(18)23)20-15(12-21)9-14-7-5-4-6-8-14/h4-8,15,21-22H,9-12H2,1-3H3/t15-/m1/s1. The van der Waals surface area contributed by atoms with Crippen molar-refractivity contribution in [3.05, 3.63) is 47.2 Å². The fourth-order valence-electron chi connectivity index (χ4n) is 3.07. The van der Waals surface area contributed by atoms with Crippen LogP contribution >= 0.6 is 0 Å². The Morgan fingerprint density at radius 2 is 1.91 bits per heavy atom. The summed E-state index contributed by atoms with van der Waals surface area (Å²) in [6.07, 6.45) is 1.48. The zero-order valence-electron chi connectivity index (χ0n) is 14.0. The maximum absolute atomic E-state index is 12.3. The Labute approximate surface area is 137 Å². The number of carbonyl (C=O) groups is 1. The maximum Gasteiger partial charge on any atom is 0.168 e. The molecule has 0 bridgehead atoms. The van der Waals surface area contributed by atoms with Gasteiger partial charge in [-0.05, 0) is 24.3 Å². The van der Waals surface area contributed by atoms with Crippen LogP contribution in [0.3, 0.4) is 0 Å². The van der Waals surface area contributed by atoms with Crippen molar-refractivity contribution in [3.8, 4) is 0 Å². The lowest BCUT2D eigenvalue weighted by Gasteiger charge is -2.29. The van der Waals surface area contributed by atoms with Gasteiger partial charge in [0, 0.05) is 18.6 Å². The second-order valence-corrected chi connectivity index (χ2v) is 7.00. The molecule has 0 fully saturated rings. The third-order valence-corrected chi connectivity index (χ3v) is 4.12. The van der Waals surface area contributed by atoms with Gasteiger partial charge in [0.15, 0.2) is 5.78 Å². The van der Waals surface area contributed by atoms with E-state index in [9.17, 15) is 15.0 Å². The normalized spacial score (nSPS) is 19.8. The van der Waals surface area contributed by atoms with Gasteiger partial charge in [-0.2, -0.15) is 0 Å². The first-order valence-electron chi connectivity index (χ1n) is 7.97. The molecule has 124 valence electrons. The molecule has 0 aliphatic heterocycles. The quantitative estimate of drug-likeness (QED) is 0.819.